The summed E-state index contributed by atoms with van der Waals surface area (Å²) in [5.74, 6) is 1.22. The molecule has 5 nitrogen and oxygen atoms in total. The van der Waals surface area contributed by atoms with Crippen LogP contribution in [0.5, 0.6) is 11.5 Å². The van der Waals surface area contributed by atoms with E-state index in [2.05, 4.69) is 10.6 Å². The number of hydrogen-bond donors (Lipinski definition) is 3. The van der Waals surface area contributed by atoms with Crippen molar-refractivity contribution in [2.45, 2.75) is 6.61 Å². The van der Waals surface area contributed by atoms with Gasteiger partial charge in [-0.1, -0.05) is 36.4 Å². The molecule has 0 aliphatic heterocycles. The Morgan fingerprint density at radius 1 is 0.846 bits per heavy atom. The number of aliphatic hydroxyl groups excluding tert-OH is 1. The highest BCUT2D eigenvalue weighted by Gasteiger charge is 2.04. The fraction of sp³-hybridized carbons (Fsp3) is 0.0952. The summed E-state index contributed by atoms with van der Waals surface area (Å²) in [6.07, 6.45) is 0. The minimum atomic E-state index is -0.170. The molecule has 3 N–H and O–H groups in total. The van der Waals surface area contributed by atoms with Gasteiger partial charge in [0.15, 0.2) is 0 Å². The molecule has 0 atom stereocenters. The molecule has 0 heterocycles. The smallest absolute Gasteiger partial charge is 0.243 e. The molecule has 0 fully saturated rings. The summed E-state index contributed by atoms with van der Waals surface area (Å²) in [5, 5.41) is 15.0. The van der Waals surface area contributed by atoms with E-state index in [1.807, 2.05) is 72.8 Å². The molecule has 3 rings (SSSR count). The molecule has 0 saturated carbocycles. The number of hydrogen-bond acceptors (Lipinski definition) is 4. The lowest BCUT2D eigenvalue weighted by Crippen LogP contribution is -2.21. The van der Waals surface area contributed by atoms with E-state index in [0.717, 1.165) is 17.0 Å². The van der Waals surface area contributed by atoms with Crippen LogP contribution >= 0.6 is 0 Å². The molecule has 3 aromatic carbocycles. The number of carbonyl (C=O) groups is 1. The van der Waals surface area contributed by atoms with Gasteiger partial charge in [-0.05, 0) is 42.0 Å². The molecule has 0 spiro atoms. The van der Waals surface area contributed by atoms with Crippen molar-refractivity contribution in [1.29, 1.82) is 0 Å². The van der Waals surface area contributed by atoms with Crippen LogP contribution in [0.15, 0.2) is 78.9 Å². The van der Waals surface area contributed by atoms with Crippen LogP contribution in [0.2, 0.25) is 0 Å². The second-order valence-electron chi connectivity index (χ2n) is 5.70. The van der Waals surface area contributed by atoms with Gasteiger partial charge in [-0.3, -0.25) is 4.79 Å². The third kappa shape index (κ3) is 5.09. The van der Waals surface area contributed by atoms with Crippen LogP contribution in [-0.2, 0) is 11.4 Å². The first-order valence-corrected chi connectivity index (χ1v) is 8.29. The first-order valence-electron chi connectivity index (χ1n) is 8.29. The highest BCUT2D eigenvalue weighted by Crippen LogP contribution is 2.23. The van der Waals surface area contributed by atoms with E-state index in [0.29, 0.717) is 11.4 Å². The van der Waals surface area contributed by atoms with Gasteiger partial charge in [-0.2, -0.15) is 0 Å². The predicted molar refractivity (Wildman–Crippen MR) is 102 cm³/mol. The highest BCUT2D eigenvalue weighted by molar-refractivity contribution is 5.93. The van der Waals surface area contributed by atoms with Crippen LogP contribution in [0.1, 0.15) is 5.56 Å². The molecule has 26 heavy (non-hydrogen) atoms. The summed E-state index contributed by atoms with van der Waals surface area (Å²) in [4.78, 5) is 12.1. The van der Waals surface area contributed by atoms with Gasteiger partial charge < -0.3 is 20.5 Å². The van der Waals surface area contributed by atoms with E-state index >= 15 is 0 Å². The lowest BCUT2D eigenvalue weighted by molar-refractivity contribution is -0.114. The van der Waals surface area contributed by atoms with Crippen molar-refractivity contribution in [2.24, 2.45) is 0 Å². The Morgan fingerprint density at radius 2 is 1.58 bits per heavy atom. The summed E-state index contributed by atoms with van der Waals surface area (Å²) in [5.41, 5.74) is 2.24. The summed E-state index contributed by atoms with van der Waals surface area (Å²) >= 11 is 0. The molecule has 0 aliphatic carbocycles. The normalized spacial score (nSPS) is 10.2. The predicted octanol–water partition coefficient (Wildman–Crippen LogP) is 4.02. The van der Waals surface area contributed by atoms with Crippen LogP contribution in [0.25, 0.3) is 0 Å². The number of amides is 1. The van der Waals surface area contributed by atoms with Crippen molar-refractivity contribution in [3.8, 4) is 11.5 Å². The number of aliphatic hydroxyl groups is 1. The molecule has 1 amide bonds. The third-order valence-electron chi connectivity index (χ3n) is 3.66. The maximum absolute atomic E-state index is 12.1. The van der Waals surface area contributed by atoms with E-state index in [1.165, 1.54) is 0 Å². The Balaban J connectivity index is 1.56. The first-order chi connectivity index (χ1) is 12.7. The van der Waals surface area contributed by atoms with Crippen molar-refractivity contribution in [3.63, 3.8) is 0 Å². The maximum Gasteiger partial charge on any atom is 0.243 e. The second kappa shape index (κ2) is 8.69. The largest absolute Gasteiger partial charge is 0.457 e. The summed E-state index contributed by atoms with van der Waals surface area (Å²) in [6, 6.07) is 24.0. The van der Waals surface area contributed by atoms with Crippen LogP contribution in [0.3, 0.4) is 0 Å². The van der Waals surface area contributed by atoms with Crippen LogP contribution in [0.4, 0.5) is 11.4 Å². The van der Waals surface area contributed by atoms with Crippen LogP contribution in [0, 0.1) is 0 Å². The molecule has 0 bridgehead atoms. The Bertz CT molecular complexity index is 866. The highest BCUT2D eigenvalue weighted by atomic mass is 16.5. The molecule has 0 unspecified atom stereocenters. The van der Waals surface area contributed by atoms with Crippen molar-refractivity contribution in [3.05, 3.63) is 84.4 Å². The van der Waals surface area contributed by atoms with Crippen LogP contribution < -0.4 is 15.4 Å². The van der Waals surface area contributed by atoms with Gasteiger partial charge in [0.25, 0.3) is 0 Å². The molecule has 0 radical (unpaired) electrons. The van der Waals surface area contributed by atoms with Gasteiger partial charge in [-0.25, -0.2) is 0 Å². The topological polar surface area (TPSA) is 70.6 Å². The zero-order chi connectivity index (χ0) is 18.2. The average Bonchev–Trinajstić information content (AvgIpc) is 2.68. The zero-order valence-electron chi connectivity index (χ0n) is 14.2. The molecule has 3 aromatic rings. The van der Waals surface area contributed by atoms with E-state index in [9.17, 15) is 4.79 Å². The number of para-hydroxylation sites is 1. The van der Waals surface area contributed by atoms with Gasteiger partial charge in [0.05, 0.1) is 13.2 Å². The number of benzene rings is 3. The van der Waals surface area contributed by atoms with Gasteiger partial charge in [0.2, 0.25) is 5.91 Å². The maximum atomic E-state index is 12.1. The Kier molecular flexibility index (Phi) is 5.85. The molecule has 132 valence electrons. The fourth-order valence-electron chi connectivity index (χ4n) is 2.43. The second-order valence-corrected chi connectivity index (χ2v) is 5.70. The Labute approximate surface area is 152 Å². The fourth-order valence-corrected chi connectivity index (χ4v) is 2.43. The van der Waals surface area contributed by atoms with Crippen molar-refractivity contribution < 1.29 is 14.6 Å². The Hall–Kier alpha value is -3.31. The number of nitrogens with one attached hydrogen (secondary N) is 2. The lowest BCUT2D eigenvalue weighted by atomic mass is 10.2. The minimum Gasteiger partial charge on any atom is -0.457 e. The molecule has 0 saturated heterocycles. The summed E-state index contributed by atoms with van der Waals surface area (Å²) < 4.78 is 5.76. The molecule has 0 aromatic heterocycles. The summed E-state index contributed by atoms with van der Waals surface area (Å²) in [6.45, 7) is 0.0918. The SMILES string of the molecule is O=C(CNc1cccc(CO)c1)Nc1cccc(Oc2ccccc2)c1. The monoisotopic (exact) mass is 348 g/mol. The standard InChI is InChI=1S/C21H20N2O3/c24-15-16-6-4-7-17(12-16)22-14-21(25)23-18-8-5-11-20(13-18)26-19-9-2-1-3-10-19/h1-13,22,24H,14-15H2,(H,23,25). The van der Waals surface area contributed by atoms with Gasteiger partial charge in [-0.15, -0.1) is 0 Å². The van der Waals surface area contributed by atoms with Crippen molar-refractivity contribution >= 4 is 17.3 Å². The van der Waals surface area contributed by atoms with Gasteiger partial charge >= 0.3 is 0 Å². The van der Waals surface area contributed by atoms with E-state index < -0.39 is 0 Å². The number of carbonyl (C=O) groups excluding carboxylic acids is 1. The summed E-state index contributed by atoms with van der Waals surface area (Å²) in [7, 11) is 0. The van der Waals surface area contributed by atoms with Gasteiger partial charge in [0, 0.05) is 17.4 Å². The first kappa shape index (κ1) is 17.5. The number of ether oxygens (including phenoxy) is 1. The molecular formula is C21H20N2O3. The van der Waals surface area contributed by atoms with Crippen molar-refractivity contribution in [1.82, 2.24) is 0 Å². The molecule has 5 heteroatoms. The van der Waals surface area contributed by atoms with E-state index in [1.54, 1.807) is 6.07 Å². The van der Waals surface area contributed by atoms with Gasteiger partial charge in [0.1, 0.15) is 11.5 Å². The number of rotatable bonds is 7. The zero-order valence-corrected chi connectivity index (χ0v) is 14.2. The molecular weight excluding hydrogens is 328 g/mol. The minimum absolute atomic E-state index is 0.0318. The average molecular weight is 348 g/mol. The number of anilines is 2. The quantitative estimate of drug-likeness (QED) is 0.603. The third-order valence-corrected chi connectivity index (χ3v) is 3.66. The molecule has 0 aliphatic rings. The van der Waals surface area contributed by atoms with E-state index in [4.69, 9.17) is 9.84 Å². The van der Waals surface area contributed by atoms with Crippen LogP contribution in [-0.4, -0.2) is 17.6 Å². The van der Waals surface area contributed by atoms with Crippen molar-refractivity contribution in [2.75, 3.05) is 17.2 Å². The lowest BCUT2D eigenvalue weighted by Gasteiger charge is -2.10. The Morgan fingerprint density at radius 3 is 2.38 bits per heavy atom. The van der Waals surface area contributed by atoms with E-state index in [-0.39, 0.29) is 19.1 Å².